The SMILES string of the molecule is CCS(=O)CCCn1cnc(-c2ccccc2)c1-c1ccccc1. The third kappa shape index (κ3) is 3.82. The Morgan fingerprint density at radius 2 is 1.58 bits per heavy atom. The van der Waals surface area contributed by atoms with Gasteiger partial charge in [-0.05, 0) is 6.42 Å². The van der Waals surface area contributed by atoms with Crippen molar-refractivity contribution in [2.45, 2.75) is 19.9 Å². The lowest BCUT2D eigenvalue weighted by Gasteiger charge is -2.10. The van der Waals surface area contributed by atoms with Gasteiger partial charge in [-0.25, -0.2) is 4.98 Å². The van der Waals surface area contributed by atoms with Crippen LogP contribution in [0.5, 0.6) is 0 Å². The number of nitrogens with zero attached hydrogens (tertiary/aromatic N) is 2. The third-order valence-electron chi connectivity index (χ3n) is 4.03. The van der Waals surface area contributed by atoms with Gasteiger partial charge in [-0.2, -0.15) is 0 Å². The van der Waals surface area contributed by atoms with Crippen LogP contribution in [0.2, 0.25) is 0 Å². The van der Waals surface area contributed by atoms with E-state index in [0.29, 0.717) is 0 Å². The molecule has 3 aromatic rings. The van der Waals surface area contributed by atoms with Crippen molar-refractivity contribution in [2.24, 2.45) is 0 Å². The second kappa shape index (κ2) is 8.06. The van der Waals surface area contributed by atoms with Gasteiger partial charge in [-0.3, -0.25) is 4.21 Å². The first kappa shape index (κ1) is 16.7. The Hall–Kier alpha value is -2.20. The monoisotopic (exact) mass is 338 g/mol. The van der Waals surface area contributed by atoms with Gasteiger partial charge in [0.25, 0.3) is 0 Å². The van der Waals surface area contributed by atoms with Crippen molar-refractivity contribution in [3.05, 3.63) is 67.0 Å². The normalized spacial score (nSPS) is 12.2. The van der Waals surface area contributed by atoms with Crippen LogP contribution >= 0.6 is 0 Å². The highest BCUT2D eigenvalue weighted by Crippen LogP contribution is 2.31. The van der Waals surface area contributed by atoms with Crippen LogP contribution in [-0.4, -0.2) is 25.3 Å². The first-order valence-corrected chi connectivity index (χ1v) is 9.79. The Balaban J connectivity index is 1.95. The second-order valence-corrected chi connectivity index (χ2v) is 7.52. The Bertz CT molecular complexity index is 797. The summed E-state index contributed by atoms with van der Waals surface area (Å²) in [6.07, 6.45) is 2.80. The van der Waals surface area contributed by atoms with Gasteiger partial charge in [0.2, 0.25) is 0 Å². The number of hydrogen-bond donors (Lipinski definition) is 0. The highest BCUT2D eigenvalue weighted by molar-refractivity contribution is 7.84. The van der Waals surface area contributed by atoms with Gasteiger partial charge in [0, 0.05) is 40.0 Å². The predicted molar refractivity (Wildman–Crippen MR) is 101 cm³/mol. The van der Waals surface area contributed by atoms with Crippen molar-refractivity contribution in [1.82, 2.24) is 9.55 Å². The van der Waals surface area contributed by atoms with Gasteiger partial charge in [-0.15, -0.1) is 0 Å². The fourth-order valence-electron chi connectivity index (χ4n) is 2.80. The molecule has 0 spiro atoms. The maximum atomic E-state index is 11.7. The Labute approximate surface area is 145 Å². The lowest BCUT2D eigenvalue weighted by Crippen LogP contribution is -2.06. The average Bonchev–Trinajstić information content (AvgIpc) is 3.07. The second-order valence-electron chi connectivity index (χ2n) is 5.65. The van der Waals surface area contributed by atoms with Crippen LogP contribution in [0.4, 0.5) is 0 Å². The molecule has 0 bridgehead atoms. The molecule has 0 aliphatic rings. The lowest BCUT2D eigenvalue weighted by atomic mass is 10.0. The molecule has 0 fully saturated rings. The minimum Gasteiger partial charge on any atom is -0.330 e. The Kier molecular flexibility index (Phi) is 5.59. The van der Waals surface area contributed by atoms with Crippen molar-refractivity contribution < 1.29 is 4.21 Å². The van der Waals surface area contributed by atoms with Crippen molar-refractivity contribution in [2.75, 3.05) is 11.5 Å². The quantitative estimate of drug-likeness (QED) is 0.641. The summed E-state index contributed by atoms with van der Waals surface area (Å²) >= 11 is 0. The van der Waals surface area contributed by atoms with E-state index in [1.807, 2.05) is 49.6 Å². The Morgan fingerprint density at radius 1 is 0.958 bits per heavy atom. The van der Waals surface area contributed by atoms with Crippen molar-refractivity contribution in [3.8, 4) is 22.5 Å². The summed E-state index contributed by atoms with van der Waals surface area (Å²) < 4.78 is 13.9. The summed E-state index contributed by atoms with van der Waals surface area (Å²) in [7, 11) is -0.715. The van der Waals surface area contributed by atoms with E-state index in [-0.39, 0.29) is 0 Å². The zero-order valence-electron chi connectivity index (χ0n) is 13.9. The molecule has 3 rings (SSSR count). The van der Waals surface area contributed by atoms with Gasteiger partial charge in [0.15, 0.2) is 0 Å². The number of aromatic nitrogens is 2. The van der Waals surface area contributed by atoms with Crippen molar-refractivity contribution in [3.63, 3.8) is 0 Å². The molecule has 24 heavy (non-hydrogen) atoms. The number of imidazole rings is 1. The number of rotatable bonds is 7. The summed E-state index contributed by atoms with van der Waals surface area (Å²) in [5, 5.41) is 0. The molecule has 0 aliphatic carbocycles. The smallest absolute Gasteiger partial charge is 0.0963 e. The topological polar surface area (TPSA) is 34.9 Å². The minimum atomic E-state index is -0.715. The van der Waals surface area contributed by atoms with E-state index in [9.17, 15) is 4.21 Å². The molecule has 2 aromatic carbocycles. The van der Waals surface area contributed by atoms with E-state index >= 15 is 0 Å². The Morgan fingerprint density at radius 3 is 2.21 bits per heavy atom. The van der Waals surface area contributed by atoms with Crippen LogP contribution in [0.3, 0.4) is 0 Å². The van der Waals surface area contributed by atoms with E-state index in [4.69, 9.17) is 0 Å². The molecular weight excluding hydrogens is 316 g/mol. The largest absolute Gasteiger partial charge is 0.330 e. The molecule has 0 aliphatic heterocycles. The van der Waals surface area contributed by atoms with Crippen molar-refractivity contribution in [1.29, 1.82) is 0 Å². The predicted octanol–water partition coefficient (Wildman–Crippen LogP) is 4.38. The summed E-state index contributed by atoms with van der Waals surface area (Å²) in [5.41, 5.74) is 4.40. The van der Waals surface area contributed by atoms with Crippen LogP contribution in [0.25, 0.3) is 22.5 Å². The summed E-state index contributed by atoms with van der Waals surface area (Å²) in [6, 6.07) is 20.6. The molecule has 0 N–H and O–H groups in total. The molecule has 0 saturated heterocycles. The third-order valence-corrected chi connectivity index (χ3v) is 5.41. The lowest BCUT2D eigenvalue weighted by molar-refractivity contribution is 0.661. The molecule has 3 nitrogen and oxygen atoms in total. The summed E-state index contributed by atoms with van der Waals surface area (Å²) in [5.74, 6) is 1.47. The van der Waals surface area contributed by atoms with E-state index in [0.717, 1.165) is 47.0 Å². The van der Waals surface area contributed by atoms with Gasteiger partial charge in [0.05, 0.1) is 17.7 Å². The zero-order valence-corrected chi connectivity index (χ0v) is 14.7. The molecule has 1 heterocycles. The van der Waals surface area contributed by atoms with Gasteiger partial charge < -0.3 is 4.57 Å². The van der Waals surface area contributed by atoms with Gasteiger partial charge in [0.1, 0.15) is 0 Å². The van der Waals surface area contributed by atoms with Gasteiger partial charge >= 0.3 is 0 Å². The molecule has 0 radical (unpaired) electrons. The van der Waals surface area contributed by atoms with Crippen LogP contribution in [0, 0.1) is 0 Å². The summed E-state index contributed by atoms with van der Waals surface area (Å²) in [4.78, 5) is 4.67. The highest BCUT2D eigenvalue weighted by atomic mass is 32.2. The maximum absolute atomic E-state index is 11.7. The van der Waals surface area contributed by atoms with E-state index in [1.165, 1.54) is 0 Å². The van der Waals surface area contributed by atoms with Crippen LogP contribution in [-0.2, 0) is 17.3 Å². The molecular formula is C20H22N2OS. The first-order chi connectivity index (χ1) is 11.8. The van der Waals surface area contributed by atoms with Gasteiger partial charge in [-0.1, -0.05) is 67.6 Å². The van der Waals surface area contributed by atoms with Crippen LogP contribution in [0.1, 0.15) is 13.3 Å². The van der Waals surface area contributed by atoms with Crippen LogP contribution in [0.15, 0.2) is 67.0 Å². The molecule has 1 unspecified atom stereocenters. The van der Waals surface area contributed by atoms with Crippen LogP contribution < -0.4 is 0 Å². The van der Waals surface area contributed by atoms with Crippen molar-refractivity contribution >= 4 is 10.8 Å². The van der Waals surface area contributed by atoms with E-state index in [1.54, 1.807) is 0 Å². The zero-order chi connectivity index (χ0) is 16.8. The fourth-order valence-corrected chi connectivity index (χ4v) is 3.54. The number of hydrogen-bond acceptors (Lipinski definition) is 2. The van der Waals surface area contributed by atoms with E-state index < -0.39 is 10.8 Å². The molecule has 1 aromatic heterocycles. The fraction of sp³-hybridized carbons (Fsp3) is 0.250. The molecule has 0 saturated carbocycles. The summed E-state index contributed by atoms with van der Waals surface area (Å²) in [6.45, 7) is 2.80. The molecule has 124 valence electrons. The molecule has 0 amide bonds. The first-order valence-electron chi connectivity index (χ1n) is 8.30. The average molecular weight is 338 g/mol. The molecule has 1 atom stereocenters. The minimum absolute atomic E-state index is 0.715. The highest BCUT2D eigenvalue weighted by Gasteiger charge is 2.14. The number of aryl methyl sites for hydroxylation is 1. The number of benzene rings is 2. The maximum Gasteiger partial charge on any atom is 0.0963 e. The van der Waals surface area contributed by atoms with E-state index in [2.05, 4.69) is 33.8 Å². The molecule has 4 heteroatoms. The standard InChI is InChI=1S/C20H22N2OS/c1-2-24(23)15-9-14-22-16-21-19(17-10-5-3-6-11-17)20(22)18-12-7-4-8-13-18/h3-8,10-13,16H,2,9,14-15H2,1H3.